The highest BCUT2D eigenvalue weighted by Gasteiger charge is 2.21. The van der Waals surface area contributed by atoms with Crippen molar-refractivity contribution < 1.29 is 9.84 Å². The summed E-state index contributed by atoms with van der Waals surface area (Å²) >= 11 is 0. The van der Waals surface area contributed by atoms with Crippen molar-refractivity contribution in [2.24, 2.45) is 5.92 Å². The van der Waals surface area contributed by atoms with Gasteiger partial charge in [-0.05, 0) is 30.7 Å². The summed E-state index contributed by atoms with van der Waals surface area (Å²) in [7, 11) is 1.67. The van der Waals surface area contributed by atoms with Crippen LogP contribution in [0.3, 0.4) is 0 Å². The fourth-order valence-corrected chi connectivity index (χ4v) is 2.01. The van der Waals surface area contributed by atoms with E-state index < -0.39 is 0 Å². The molecule has 1 aliphatic heterocycles. The third kappa shape index (κ3) is 2.23. The van der Waals surface area contributed by atoms with E-state index in [0.29, 0.717) is 12.5 Å². The predicted octanol–water partition coefficient (Wildman–Crippen LogP) is 1.51. The Morgan fingerprint density at radius 1 is 1.40 bits per heavy atom. The zero-order valence-electron chi connectivity index (χ0n) is 9.02. The molecule has 1 aliphatic rings. The van der Waals surface area contributed by atoms with E-state index >= 15 is 0 Å². The van der Waals surface area contributed by atoms with Crippen LogP contribution >= 0.6 is 0 Å². The fourth-order valence-electron chi connectivity index (χ4n) is 2.01. The molecule has 0 radical (unpaired) electrons. The number of benzene rings is 1. The van der Waals surface area contributed by atoms with Crippen LogP contribution in [0, 0.1) is 5.92 Å². The van der Waals surface area contributed by atoms with Crippen molar-refractivity contribution in [1.29, 1.82) is 0 Å². The zero-order chi connectivity index (χ0) is 10.7. The Balaban J connectivity index is 2.04. The molecule has 0 amide bonds. The maximum Gasteiger partial charge on any atom is 0.119 e. The quantitative estimate of drug-likeness (QED) is 0.815. The molecule has 1 aromatic rings. The number of anilines is 1. The van der Waals surface area contributed by atoms with E-state index in [4.69, 9.17) is 9.84 Å². The van der Waals surface area contributed by atoms with Crippen molar-refractivity contribution in [2.75, 3.05) is 31.7 Å². The second-order valence-electron chi connectivity index (χ2n) is 3.98. The molecule has 3 heteroatoms. The van der Waals surface area contributed by atoms with Crippen LogP contribution in [0.4, 0.5) is 5.69 Å². The number of ether oxygens (including phenoxy) is 1. The van der Waals surface area contributed by atoms with E-state index in [1.165, 1.54) is 5.69 Å². The Morgan fingerprint density at radius 3 is 2.67 bits per heavy atom. The van der Waals surface area contributed by atoms with Gasteiger partial charge in [0.25, 0.3) is 0 Å². The van der Waals surface area contributed by atoms with Gasteiger partial charge in [0.1, 0.15) is 5.75 Å². The standard InChI is InChI=1S/C12H17NO2/c1-15-12-4-2-11(3-5-12)13-7-6-10(8-13)9-14/h2-5,10,14H,6-9H2,1H3. The topological polar surface area (TPSA) is 32.7 Å². The molecule has 0 saturated carbocycles. The van der Waals surface area contributed by atoms with Gasteiger partial charge in [0.05, 0.1) is 7.11 Å². The average molecular weight is 207 g/mol. The van der Waals surface area contributed by atoms with Gasteiger partial charge in [-0.15, -0.1) is 0 Å². The molecular formula is C12H17NO2. The Bertz CT molecular complexity index is 310. The van der Waals surface area contributed by atoms with Gasteiger partial charge in [-0.1, -0.05) is 0 Å². The van der Waals surface area contributed by atoms with E-state index in [-0.39, 0.29) is 0 Å². The molecule has 0 spiro atoms. The van der Waals surface area contributed by atoms with Crippen LogP contribution in [0.5, 0.6) is 5.75 Å². The molecule has 1 aromatic carbocycles. The summed E-state index contributed by atoms with van der Waals surface area (Å²) in [6.07, 6.45) is 1.09. The summed E-state index contributed by atoms with van der Waals surface area (Å²) in [5.74, 6) is 1.32. The number of aliphatic hydroxyl groups excluding tert-OH is 1. The Kier molecular flexibility index (Phi) is 3.11. The smallest absolute Gasteiger partial charge is 0.119 e. The third-order valence-electron chi connectivity index (χ3n) is 2.98. The average Bonchev–Trinajstić information content (AvgIpc) is 2.78. The van der Waals surface area contributed by atoms with E-state index in [9.17, 15) is 0 Å². The Labute approximate surface area is 90.3 Å². The summed E-state index contributed by atoms with van der Waals surface area (Å²) in [6, 6.07) is 8.08. The van der Waals surface area contributed by atoms with Crippen molar-refractivity contribution in [2.45, 2.75) is 6.42 Å². The van der Waals surface area contributed by atoms with E-state index in [1.54, 1.807) is 7.11 Å². The molecule has 0 aliphatic carbocycles. The molecule has 2 rings (SSSR count). The largest absolute Gasteiger partial charge is 0.497 e. The lowest BCUT2D eigenvalue weighted by atomic mass is 10.1. The molecule has 1 atom stereocenters. The lowest BCUT2D eigenvalue weighted by molar-refractivity contribution is 0.238. The van der Waals surface area contributed by atoms with Gasteiger partial charge < -0.3 is 14.7 Å². The van der Waals surface area contributed by atoms with Crippen molar-refractivity contribution >= 4 is 5.69 Å². The van der Waals surface area contributed by atoms with E-state index in [0.717, 1.165) is 25.3 Å². The zero-order valence-corrected chi connectivity index (χ0v) is 9.02. The second-order valence-corrected chi connectivity index (χ2v) is 3.98. The van der Waals surface area contributed by atoms with Gasteiger partial charge in [-0.2, -0.15) is 0 Å². The number of methoxy groups -OCH3 is 1. The number of aliphatic hydroxyl groups is 1. The number of hydrogen-bond donors (Lipinski definition) is 1. The molecule has 15 heavy (non-hydrogen) atoms. The van der Waals surface area contributed by atoms with Crippen LogP contribution in [0.2, 0.25) is 0 Å². The van der Waals surface area contributed by atoms with E-state index in [2.05, 4.69) is 17.0 Å². The number of hydrogen-bond acceptors (Lipinski definition) is 3. The fraction of sp³-hybridized carbons (Fsp3) is 0.500. The maximum absolute atomic E-state index is 9.07. The van der Waals surface area contributed by atoms with Crippen molar-refractivity contribution in [3.8, 4) is 5.75 Å². The lowest BCUT2D eigenvalue weighted by Gasteiger charge is -2.18. The highest BCUT2D eigenvalue weighted by atomic mass is 16.5. The number of rotatable bonds is 3. The summed E-state index contributed by atoms with van der Waals surface area (Å²) in [5, 5.41) is 9.07. The van der Waals surface area contributed by atoms with Crippen molar-refractivity contribution in [3.05, 3.63) is 24.3 Å². The molecule has 1 unspecified atom stereocenters. The minimum atomic E-state index is 0.298. The van der Waals surface area contributed by atoms with Gasteiger partial charge in [-0.3, -0.25) is 0 Å². The first kappa shape index (κ1) is 10.3. The van der Waals surface area contributed by atoms with Crippen LogP contribution in [0.1, 0.15) is 6.42 Å². The van der Waals surface area contributed by atoms with Crippen molar-refractivity contribution in [3.63, 3.8) is 0 Å². The molecule has 1 N–H and O–H groups in total. The molecule has 82 valence electrons. The third-order valence-corrected chi connectivity index (χ3v) is 2.98. The summed E-state index contributed by atoms with van der Waals surface area (Å²) < 4.78 is 5.12. The molecule has 0 bridgehead atoms. The summed E-state index contributed by atoms with van der Waals surface area (Å²) in [6.45, 7) is 2.30. The summed E-state index contributed by atoms with van der Waals surface area (Å²) in [5.41, 5.74) is 1.21. The van der Waals surface area contributed by atoms with Crippen LogP contribution < -0.4 is 9.64 Å². The van der Waals surface area contributed by atoms with Gasteiger partial charge in [-0.25, -0.2) is 0 Å². The first-order valence-corrected chi connectivity index (χ1v) is 5.33. The Hall–Kier alpha value is -1.22. The first-order chi connectivity index (χ1) is 7.33. The first-order valence-electron chi connectivity index (χ1n) is 5.33. The maximum atomic E-state index is 9.07. The molecule has 1 fully saturated rings. The molecular weight excluding hydrogens is 190 g/mol. The number of nitrogens with zero attached hydrogens (tertiary/aromatic N) is 1. The summed E-state index contributed by atoms with van der Waals surface area (Å²) in [4.78, 5) is 2.31. The predicted molar refractivity (Wildman–Crippen MR) is 60.4 cm³/mol. The van der Waals surface area contributed by atoms with Crippen LogP contribution in [0.15, 0.2) is 24.3 Å². The molecule has 3 nitrogen and oxygen atoms in total. The van der Waals surface area contributed by atoms with Gasteiger partial charge in [0.15, 0.2) is 0 Å². The van der Waals surface area contributed by atoms with Crippen LogP contribution in [-0.4, -0.2) is 31.9 Å². The highest BCUT2D eigenvalue weighted by Crippen LogP contribution is 2.25. The molecule has 0 aromatic heterocycles. The lowest BCUT2D eigenvalue weighted by Crippen LogP contribution is -2.20. The molecule has 1 heterocycles. The van der Waals surface area contributed by atoms with Gasteiger partial charge in [0, 0.05) is 31.3 Å². The highest BCUT2D eigenvalue weighted by molar-refractivity contribution is 5.49. The molecule has 1 saturated heterocycles. The minimum Gasteiger partial charge on any atom is -0.497 e. The van der Waals surface area contributed by atoms with Gasteiger partial charge in [0.2, 0.25) is 0 Å². The monoisotopic (exact) mass is 207 g/mol. The van der Waals surface area contributed by atoms with E-state index in [1.807, 2.05) is 12.1 Å². The van der Waals surface area contributed by atoms with Gasteiger partial charge >= 0.3 is 0 Å². The second kappa shape index (κ2) is 4.53. The van der Waals surface area contributed by atoms with Crippen LogP contribution in [0.25, 0.3) is 0 Å². The minimum absolute atomic E-state index is 0.298. The normalized spacial score (nSPS) is 20.7. The van der Waals surface area contributed by atoms with Crippen LogP contribution in [-0.2, 0) is 0 Å². The van der Waals surface area contributed by atoms with Crippen molar-refractivity contribution in [1.82, 2.24) is 0 Å². The Morgan fingerprint density at radius 2 is 2.13 bits per heavy atom. The SMILES string of the molecule is COc1ccc(N2CCC(CO)C2)cc1.